The lowest BCUT2D eigenvalue weighted by Gasteiger charge is -2.06. The molecule has 0 fully saturated rings. The summed E-state index contributed by atoms with van der Waals surface area (Å²) >= 11 is 0. The fourth-order valence-electron chi connectivity index (χ4n) is 2.08. The van der Waals surface area contributed by atoms with Crippen LogP contribution in [0.2, 0.25) is 0 Å². The van der Waals surface area contributed by atoms with E-state index in [9.17, 15) is 4.79 Å². The van der Waals surface area contributed by atoms with E-state index in [1.165, 1.54) is 5.56 Å². The number of carboxylic acid groups (broad SMARTS) is 1. The average Bonchev–Trinajstić information content (AvgIpc) is 2.69. The predicted molar refractivity (Wildman–Crippen MR) is 74.2 cm³/mol. The number of carboxylic acids is 1. The molecule has 0 saturated carbocycles. The lowest BCUT2D eigenvalue weighted by atomic mass is 10.00. The van der Waals surface area contributed by atoms with Crippen molar-refractivity contribution in [3.05, 3.63) is 41.3 Å². The first-order valence-corrected chi connectivity index (χ1v) is 6.35. The van der Waals surface area contributed by atoms with Crippen LogP contribution >= 0.6 is 0 Å². The van der Waals surface area contributed by atoms with Gasteiger partial charge in [0.15, 0.2) is 0 Å². The molecule has 1 aromatic heterocycles. The first-order chi connectivity index (χ1) is 8.97. The molecule has 0 unspecified atom stereocenters. The first-order valence-electron chi connectivity index (χ1n) is 6.35. The maximum atomic E-state index is 10.9. The number of imidazole rings is 1. The van der Waals surface area contributed by atoms with Crippen LogP contribution in [0.5, 0.6) is 0 Å². The van der Waals surface area contributed by atoms with Gasteiger partial charge in [0.05, 0.1) is 17.8 Å². The van der Waals surface area contributed by atoms with Crippen LogP contribution in [0.1, 0.15) is 36.8 Å². The van der Waals surface area contributed by atoms with Crippen molar-refractivity contribution in [2.75, 3.05) is 0 Å². The van der Waals surface area contributed by atoms with E-state index in [0.717, 1.165) is 17.1 Å². The quantitative estimate of drug-likeness (QED) is 0.885. The maximum Gasteiger partial charge on any atom is 0.309 e. The molecule has 4 heteroatoms. The zero-order valence-corrected chi connectivity index (χ0v) is 11.4. The summed E-state index contributed by atoms with van der Waals surface area (Å²) in [5.74, 6) is 0.358. The van der Waals surface area contributed by atoms with Crippen LogP contribution < -0.4 is 0 Å². The van der Waals surface area contributed by atoms with Gasteiger partial charge in [-0.25, -0.2) is 4.98 Å². The van der Waals surface area contributed by atoms with Crippen molar-refractivity contribution in [1.82, 2.24) is 9.97 Å². The number of carbonyl (C=O) groups is 1. The zero-order chi connectivity index (χ0) is 14.0. The van der Waals surface area contributed by atoms with Gasteiger partial charge in [-0.1, -0.05) is 38.1 Å². The number of rotatable bonds is 4. The van der Waals surface area contributed by atoms with Crippen molar-refractivity contribution in [1.29, 1.82) is 0 Å². The summed E-state index contributed by atoms with van der Waals surface area (Å²) < 4.78 is 0. The monoisotopic (exact) mass is 258 g/mol. The molecule has 0 saturated heterocycles. The lowest BCUT2D eigenvalue weighted by molar-refractivity contribution is -0.136. The average molecular weight is 258 g/mol. The number of nitrogens with one attached hydrogen (secondary N) is 1. The SMILES string of the molecule is Cc1nc(-c2ccc(C(C)C)cc2)c(CC(=O)O)[nH]1. The molecule has 2 rings (SSSR count). The van der Waals surface area contributed by atoms with Gasteiger partial charge in [0.25, 0.3) is 0 Å². The van der Waals surface area contributed by atoms with Crippen LogP contribution in [0.15, 0.2) is 24.3 Å². The summed E-state index contributed by atoms with van der Waals surface area (Å²) in [5.41, 5.74) is 3.60. The van der Waals surface area contributed by atoms with Gasteiger partial charge < -0.3 is 10.1 Å². The third kappa shape index (κ3) is 3.02. The van der Waals surface area contributed by atoms with Gasteiger partial charge in [-0.15, -0.1) is 0 Å². The molecule has 1 heterocycles. The van der Waals surface area contributed by atoms with E-state index < -0.39 is 5.97 Å². The molecular formula is C15H18N2O2. The Labute approximate surface area is 112 Å². The van der Waals surface area contributed by atoms with Crippen molar-refractivity contribution in [3.63, 3.8) is 0 Å². The highest BCUT2D eigenvalue weighted by Gasteiger charge is 2.13. The molecule has 0 spiro atoms. The van der Waals surface area contributed by atoms with Gasteiger partial charge >= 0.3 is 5.97 Å². The van der Waals surface area contributed by atoms with Gasteiger partial charge in [-0.05, 0) is 18.4 Å². The Kier molecular flexibility index (Phi) is 3.69. The molecular weight excluding hydrogens is 240 g/mol. The Bertz CT molecular complexity index is 583. The normalized spacial score (nSPS) is 10.9. The summed E-state index contributed by atoms with van der Waals surface area (Å²) in [6.45, 7) is 6.12. The molecule has 0 amide bonds. The molecule has 2 N–H and O–H groups in total. The van der Waals surface area contributed by atoms with Crippen molar-refractivity contribution in [2.45, 2.75) is 33.1 Å². The van der Waals surface area contributed by atoms with Crippen molar-refractivity contribution in [2.24, 2.45) is 0 Å². The molecule has 2 aromatic rings. The van der Waals surface area contributed by atoms with E-state index in [4.69, 9.17) is 5.11 Å². The minimum Gasteiger partial charge on any atom is -0.481 e. The van der Waals surface area contributed by atoms with Crippen LogP contribution in [0.3, 0.4) is 0 Å². The Balaban J connectivity index is 2.38. The number of aromatic amines is 1. The number of hydrogen-bond acceptors (Lipinski definition) is 2. The van der Waals surface area contributed by atoms with E-state index in [1.54, 1.807) is 0 Å². The maximum absolute atomic E-state index is 10.9. The third-order valence-electron chi connectivity index (χ3n) is 3.08. The van der Waals surface area contributed by atoms with Crippen LogP contribution in [-0.2, 0) is 11.2 Å². The second-order valence-electron chi connectivity index (χ2n) is 5.00. The number of benzene rings is 1. The predicted octanol–water partition coefficient (Wildman–Crippen LogP) is 3.14. The molecule has 0 aliphatic carbocycles. The molecule has 0 radical (unpaired) electrons. The highest BCUT2D eigenvalue weighted by Crippen LogP contribution is 2.24. The van der Waals surface area contributed by atoms with Crippen molar-refractivity contribution in [3.8, 4) is 11.3 Å². The summed E-state index contributed by atoms with van der Waals surface area (Å²) in [4.78, 5) is 18.3. The Morgan fingerprint density at radius 2 is 1.95 bits per heavy atom. The fourth-order valence-corrected chi connectivity index (χ4v) is 2.08. The minimum atomic E-state index is -0.858. The molecule has 0 atom stereocenters. The van der Waals surface area contributed by atoms with Crippen LogP contribution in [0, 0.1) is 6.92 Å². The molecule has 1 aromatic carbocycles. The second-order valence-corrected chi connectivity index (χ2v) is 5.00. The van der Waals surface area contributed by atoms with Crippen LogP contribution in [0.4, 0.5) is 0 Å². The molecule has 19 heavy (non-hydrogen) atoms. The highest BCUT2D eigenvalue weighted by molar-refractivity contribution is 5.74. The highest BCUT2D eigenvalue weighted by atomic mass is 16.4. The Morgan fingerprint density at radius 3 is 2.47 bits per heavy atom. The summed E-state index contributed by atoms with van der Waals surface area (Å²) in [6, 6.07) is 8.12. The Hall–Kier alpha value is -2.10. The van der Waals surface area contributed by atoms with E-state index in [0.29, 0.717) is 11.6 Å². The summed E-state index contributed by atoms with van der Waals surface area (Å²) in [5, 5.41) is 8.92. The topological polar surface area (TPSA) is 66.0 Å². The van der Waals surface area contributed by atoms with E-state index in [2.05, 4.69) is 35.9 Å². The van der Waals surface area contributed by atoms with E-state index in [-0.39, 0.29) is 6.42 Å². The largest absolute Gasteiger partial charge is 0.481 e. The minimum absolute atomic E-state index is 0.0396. The van der Waals surface area contributed by atoms with E-state index in [1.807, 2.05) is 19.1 Å². The number of aliphatic carboxylic acids is 1. The molecule has 0 aliphatic rings. The first kappa shape index (κ1) is 13.3. The summed E-state index contributed by atoms with van der Waals surface area (Å²) in [6.07, 6.45) is -0.0396. The molecule has 4 nitrogen and oxygen atoms in total. The van der Waals surface area contributed by atoms with Crippen LogP contribution in [0.25, 0.3) is 11.3 Å². The lowest BCUT2D eigenvalue weighted by Crippen LogP contribution is -2.02. The van der Waals surface area contributed by atoms with Gasteiger partial charge in [-0.2, -0.15) is 0 Å². The number of aromatic nitrogens is 2. The van der Waals surface area contributed by atoms with E-state index >= 15 is 0 Å². The standard InChI is InChI=1S/C15H18N2O2/c1-9(2)11-4-6-12(7-5-11)15-13(8-14(18)19)16-10(3)17-15/h4-7,9H,8H2,1-3H3,(H,16,17)(H,18,19). The van der Waals surface area contributed by atoms with Crippen molar-refractivity contribution >= 4 is 5.97 Å². The molecule has 0 aliphatic heterocycles. The van der Waals surface area contributed by atoms with Crippen molar-refractivity contribution < 1.29 is 9.90 Å². The van der Waals surface area contributed by atoms with Crippen LogP contribution in [-0.4, -0.2) is 21.0 Å². The van der Waals surface area contributed by atoms with Gasteiger partial charge in [0.1, 0.15) is 5.82 Å². The summed E-state index contributed by atoms with van der Waals surface area (Å²) in [7, 11) is 0. The number of aryl methyl sites for hydroxylation is 1. The van der Waals surface area contributed by atoms with Gasteiger partial charge in [-0.3, -0.25) is 4.79 Å². The van der Waals surface area contributed by atoms with Gasteiger partial charge in [0, 0.05) is 5.56 Å². The zero-order valence-electron chi connectivity index (χ0n) is 11.4. The fraction of sp³-hybridized carbons (Fsp3) is 0.333. The number of H-pyrrole nitrogens is 1. The number of nitrogens with zero attached hydrogens (tertiary/aromatic N) is 1. The Morgan fingerprint density at radius 1 is 1.32 bits per heavy atom. The van der Waals surface area contributed by atoms with Gasteiger partial charge in [0.2, 0.25) is 0 Å². The molecule has 100 valence electrons. The number of hydrogen-bond donors (Lipinski definition) is 2. The third-order valence-corrected chi connectivity index (χ3v) is 3.08. The smallest absolute Gasteiger partial charge is 0.309 e. The second kappa shape index (κ2) is 5.26. The molecule has 0 bridgehead atoms.